The number of fused-ring (bicyclic) bond motifs is 2. The summed E-state index contributed by atoms with van der Waals surface area (Å²) < 4.78 is 12.4. The van der Waals surface area contributed by atoms with Crippen molar-refractivity contribution in [1.82, 2.24) is 24.7 Å². The van der Waals surface area contributed by atoms with E-state index in [1.165, 1.54) is 18.5 Å². The molecule has 0 aliphatic carbocycles. The van der Waals surface area contributed by atoms with E-state index in [-0.39, 0.29) is 15.7 Å². The first-order chi connectivity index (χ1) is 18.0. The molecule has 0 aliphatic rings. The SMILES string of the molecule is COc1cccc(-n2ncc3c(NC(=O)c4ccc([N+](=O)[O-])s4)nc(-c4ccc5ncoc5c4)nc32)c1. The number of nitrogens with zero attached hydrogens (tertiary/aromatic N) is 6. The number of rotatable bonds is 6. The molecule has 0 aliphatic heterocycles. The number of amides is 1. The number of aromatic nitrogens is 5. The van der Waals surface area contributed by atoms with Gasteiger partial charge in [-0.15, -0.1) is 0 Å². The predicted molar refractivity (Wildman–Crippen MR) is 135 cm³/mol. The Kier molecular flexibility index (Phi) is 5.31. The fraction of sp³-hybridized carbons (Fsp3) is 0.0417. The van der Waals surface area contributed by atoms with Gasteiger partial charge in [-0.3, -0.25) is 14.9 Å². The second kappa shape index (κ2) is 8.80. The first-order valence-electron chi connectivity index (χ1n) is 10.8. The molecule has 0 saturated heterocycles. The summed E-state index contributed by atoms with van der Waals surface area (Å²) in [4.78, 5) is 37.2. The Morgan fingerprint density at radius 3 is 2.86 bits per heavy atom. The average Bonchev–Trinajstić information content (AvgIpc) is 3.67. The largest absolute Gasteiger partial charge is 0.497 e. The van der Waals surface area contributed by atoms with Crippen molar-refractivity contribution in [2.75, 3.05) is 12.4 Å². The lowest BCUT2D eigenvalue weighted by atomic mass is 10.2. The van der Waals surface area contributed by atoms with Gasteiger partial charge in [-0.25, -0.2) is 19.6 Å². The molecule has 6 aromatic rings. The quantitative estimate of drug-likeness (QED) is 0.243. The number of benzene rings is 2. The molecule has 0 fully saturated rings. The minimum Gasteiger partial charge on any atom is -0.497 e. The van der Waals surface area contributed by atoms with Gasteiger partial charge in [0.1, 0.15) is 17.1 Å². The Bertz CT molecular complexity index is 1820. The van der Waals surface area contributed by atoms with Crippen LogP contribution in [0.5, 0.6) is 5.75 Å². The van der Waals surface area contributed by atoms with E-state index in [0.29, 0.717) is 45.0 Å². The maximum atomic E-state index is 13.0. The van der Waals surface area contributed by atoms with Crippen LogP contribution in [-0.4, -0.2) is 42.7 Å². The number of nitrogens with one attached hydrogen (secondary N) is 1. The highest BCUT2D eigenvalue weighted by Gasteiger charge is 2.20. The van der Waals surface area contributed by atoms with E-state index in [1.54, 1.807) is 42.3 Å². The highest BCUT2D eigenvalue weighted by Crippen LogP contribution is 2.30. The summed E-state index contributed by atoms with van der Waals surface area (Å²) in [5.74, 6) is 0.610. The van der Waals surface area contributed by atoms with Crippen LogP contribution in [0.2, 0.25) is 0 Å². The second-order valence-electron chi connectivity index (χ2n) is 7.77. The molecule has 12 nitrogen and oxygen atoms in total. The lowest BCUT2D eigenvalue weighted by Crippen LogP contribution is -2.12. The van der Waals surface area contributed by atoms with E-state index in [9.17, 15) is 14.9 Å². The van der Waals surface area contributed by atoms with Gasteiger partial charge in [-0.1, -0.05) is 17.4 Å². The van der Waals surface area contributed by atoms with Gasteiger partial charge in [0.15, 0.2) is 23.4 Å². The van der Waals surface area contributed by atoms with Gasteiger partial charge in [0.25, 0.3) is 5.91 Å². The van der Waals surface area contributed by atoms with Crippen molar-refractivity contribution in [1.29, 1.82) is 0 Å². The maximum absolute atomic E-state index is 13.0. The summed E-state index contributed by atoms with van der Waals surface area (Å²) in [6.45, 7) is 0. The Hall–Kier alpha value is -5.17. The topological polar surface area (TPSA) is 151 Å². The highest BCUT2D eigenvalue weighted by molar-refractivity contribution is 7.17. The Morgan fingerprint density at radius 1 is 1.16 bits per heavy atom. The van der Waals surface area contributed by atoms with Gasteiger partial charge < -0.3 is 14.5 Å². The monoisotopic (exact) mass is 513 g/mol. The molecule has 0 radical (unpaired) electrons. The molecule has 182 valence electrons. The van der Waals surface area contributed by atoms with Gasteiger partial charge in [-0.05, 0) is 36.4 Å². The van der Waals surface area contributed by atoms with E-state index in [4.69, 9.17) is 14.1 Å². The third-order valence-electron chi connectivity index (χ3n) is 5.54. The summed E-state index contributed by atoms with van der Waals surface area (Å²) in [5, 5.41) is 18.6. The smallest absolute Gasteiger partial charge is 0.324 e. The molecular weight excluding hydrogens is 498 g/mol. The lowest BCUT2D eigenvalue weighted by molar-refractivity contribution is -0.380. The lowest BCUT2D eigenvalue weighted by Gasteiger charge is -2.09. The fourth-order valence-electron chi connectivity index (χ4n) is 3.77. The van der Waals surface area contributed by atoms with Crippen LogP contribution in [0.3, 0.4) is 0 Å². The minimum atomic E-state index is -0.541. The summed E-state index contributed by atoms with van der Waals surface area (Å²) in [6, 6.07) is 15.3. The van der Waals surface area contributed by atoms with Crippen LogP contribution in [-0.2, 0) is 0 Å². The number of ether oxygens (including phenoxy) is 1. The van der Waals surface area contributed by atoms with Crippen LogP contribution in [0, 0.1) is 10.1 Å². The van der Waals surface area contributed by atoms with Crippen LogP contribution in [0.25, 0.3) is 39.2 Å². The van der Waals surface area contributed by atoms with Crippen molar-refractivity contribution >= 4 is 50.2 Å². The van der Waals surface area contributed by atoms with E-state index < -0.39 is 10.8 Å². The first-order valence-corrected chi connectivity index (χ1v) is 11.6. The standard InChI is InChI=1S/C24H15N7O5S/c1-35-15-4-2-3-14(10-15)30-23-16(11-26-30)22(29-24(32)19-7-8-20(37-19)31(33)34)27-21(28-23)13-5-6-17-18(9-13)36-12-25-17/h2-12H,1H3,(H,27,28,29,32). The molecule has 4 heterocycles. The molecule has 4 aromatic heterocycles. The van der Waals surface area contributed by atoms with Crippen LogP contribution in [0.4, 0.5) is 10.8 Å². The van der Waals surface area contributed by atoms with Crippen LogP contribution in [0.1, 0.15) is 9.67 Å². The number of hydrogen-bond acceptors (Lipinski definition) is 10. The first kappa shape index (κ1) is 22.3. The van der Waals surface area contributed by atoms with Crippen LogP contribution in [0.15, 0.2) is 71.6 Å². The van der Waals surface area contributed by atoms with E-state index in [1.807, 2.05) is 18.2 Å². The molecule has 1 amide bonds. The van der Waals surface area contributed by atoms with Crippen LogP contribution < -0.4 is 10.1 Å². The molecule has 0 atom stereocenters. The second-order valence-corrected chi connectivity index (χ2v) is 8.84. The Balaban J connectivity index is 1.50. The number of methoxy groups -OCH3 is 1. The van der Waals surface area contributed by atoms with Gasteiger partial charge in [0.2, 0.25) is 0 Å². The van der Waals surface area contributed by atoms with Crippen molar-refractivity contribution in [3.8, 4) is 22.8 Å². The van der Waals surface area contributed by atoms with Gasteiger partial charge in [0.05, 0.1) is 34.2 Å². The average molecular weight is 513 g/mol. The zero-order valence-corrected chi connectivity index (χ0v) is 19.8. The number of oxazole rings is 1. The Labute approximate surface area is 211 Å². The number of thiophene rings is 1. The van der Waals surface area contributed by atoms with Gasteiger partial charge in [-0.2, -0.15) is 5.10 Å². The number of nitro groups is 1. The van der Waals surface area contributed by atoms with Gasteiger partial charge in [0, 0.05) is 17.7 Å². The van der Waals surface area contributed by atoms with Crippen molar-refractivity contribution in [3.63, 3.8) is 0 Å². The summed E-state index contributed by atoms with van der Waals surface area (Å²) in [5.41, 5.74) is 2.99. The molecule has 0 unspecified atom stereocenters. The molecule has 0 saturated carbocycles. The normalized spacial score (nSPS) is 11.2. The molecule has 1 N–H and O–H groups in total. The van der Waals surface area contributed by atoms with Crippen molar-refractivity contribution in [2.45, 2.75) is 0 Å². The van der Waals surface area contributed by atoms with Crippen LogP contribution >= 0.6 is 11.3 Å². The predicted octanol–water partition coefficient (Wildman–Crippen LogP) is 4.85. The molecule has 2 aromatic carbocycles. The van der Waals surface area contributed by atoms with Crippen molar-refractivity contribution < 1.29 is 18.9 Å². The Morgan fingerprint density at radius 2 is 2.05 bits per heavy atom. The number of anilines is 1. The van der Waals surface area contributed by atoms with Crippen molar-refractivity contribution in [3.05, 3.63) is 82.2 Å². The van der Waals surface area contributed by atoms with E-state index >= 15 is 0 Å². The number of carbonyl (C=O) groups is 1. The highest BCUT2D eigenvalue weighted by atomic mass is 32.1. The molecule has 0 bridgehead atoms. The zero-order chi connectivity index (χ0) is 25.5. The summed E-state index contributed by atoms with van der Waals surface area (Å²) in [6.07, 6.45) is 2.90. The molecular formula is C24H15N7O5S. The summed E-state index contributed by atoms with van der Waals surface area (Å²) in [7, 11) is 1.57. The van der Waals surface area contributed by atoms with E-state index in [0.717, 1.165) is 11.3 Å². The minimum absolute atomic E-state index is 0.134. The van der Waals surface area contributed by atoms with E-state index in [2.05, 4.69) is 20.4 Å². The number of hydrogen-bond donors (Lipinski definition) is 1. The molecule has 0 spiro atoms. The van der Waals surface area contributed by atoms with Crippen molar-refractivity contribution in [2.24, 2.45) is 0 Å². The fourth-order valence-corrected chi connectivity index (χ4v) is 4.49. The third-order valence-corrected chi connectivity index (χ3v) is 6.58. The van der Waals surface area contributed by atoms with Gasteiger partial charge >= 0.3 is 5.00 Å². The molecule has 6 rings (SSSR count). The number of carbonyl (C=O) groups excluding carboxylic acids is 1. The molecule has 13 heteroatoms. The zero-order valence-electron chi connectivity index (χ0n) is 19.0. The third kappa shape index (κ3) is 4.02. The summed E-state index contributed by atoms with van der Waals surface area (Å²) >= 11 is 0.774. The molecule has 37 heavy (non-hydrogen) atoms. The maximum Gasteiger partial charge on any atom is 0.324 e.